The molecule has 0 saturated carbocycles. The highest BCUT2D eigenvalue weighted by molar-refractivity contribution is 5.91. The van der Waals surface area contributed by atoms with Gasteiger partial charge in [-0.05, 0) is 66.8 Å². The maximum Gasteiger partial charge on any atom is 0.287 e. The Kier molecular flexibility index (Phi) is 4.69. The van der Waals surface area contributed by atoms with Crippen LogP contribution in [0.3, 0.4) is 0 Å². The largest absolute Gasteiger partial charge is 0.486 e. The van der Waals surface area contributed by atoms with Crippen molar-refractivity contribution in [2.24, 2.45) is 0 Å². The molecule has 3 aromatic rings. The number of hydrogen-bond donors (Lipinski definition) is 1. The third-order valence-corrected chi connectivity index (χ3v) is 4.49. The lowest BCUT2D eigenvalue weighted by molar-refractivity contribution is 0.0918. The molecule has 2 aromatic heterocycles. The van der Waals surface area contributed by atoms with E-state index in [0.29, 0.717) is 18.9 Å². The highest BCUT2D eigenvalue weighted by Gasteiger charge is 2.13. The SMILES string of the molecule is O=C(NCc1ccccn1)c1ccc(COc2ccc3c(c2)CCC3)o1. The van der Waals surface area contributed by atoms with E-state index in [4.69, 9.17) is 9.15 Å². The monoisotopic (exact) mass is 348 g/mol. The Hall–Kier alpha value is -3.08. The first kappa shape index (κ1) is 16.4. The molecule has 0 unspecified atom stereocenters. The number of aryl methyl sites for hydroxylation is 2. The molecule has 4 rings (SSSR count). The molecule has 5 heteroatoms. The van der Waals surface area contributed by atoms with Crippen LogP contribution in [0.15, 0.2) is 59.1 Å². The third-order valence-electron chi connectivity index (χ3n) is 4.49. The lowest BCUT2D eigenvalue weighted by Crippen LogP contribution is -2.22. The standard InChI is InChI=1S/C21H20N2O3/c24-21(23-13-17-6-1-2-11-22-17)20-10-9-19(26-20)14-25-18-8-7-15-4-3-5-16(15)12-18/h1-2,6-12H,3-5,13-14H2,(H,23,24). The molecule has 0 saturated heterocycles. The van der Waals surface area contributed by atoms with Crippen molar-refractivity contribution in [3.63, 3.8) is 0 Å². The summed E-state index contributed by atoms with van der Waals surface area (Å²) in [7, 11) is 0. The van der Waals surface area contributed by atoms with E-state index in [0.717, 1.165) is 24.3 Å². The van der Waals surface area contributed by atoms with Crippen LogP contribution in [0.2, 0.25) is 0 Å². The number of rotatable bonds is 6. The van der Waals surface area contributed by atoms with Gasteiger partial charge >= 0.3 is 0 Å². The summed E-state index contributed by atoms with van der Waals surface area (Å²) >= 11 is 0. The number of furan rings is 1. The Morgan fingerprint density at radius 1 is 1.12 bits per heavy atom. The number of nitrogens with zero attached hydrogens (tertiary/aromatic N) is 1. The van der Waals surface area contributed by atoms with Crippen molar-refractivity contribution in [2.45, 2.75) is 32.4 Å². The Balaban J connectivity index is 1.32. The molecule has 0 spiro atoms. The highest BCUT2D eigenvalue weighted by Crippen LogP contribution is 2.26. The van der Waals surface area contributed by atoms with Crippen LogP contribution in [0, 0.1) is 0 Å². The number of fused-ring (bicyclic) bond motifs is 1. The second-order valence-electron chi connectivity index (χ2n) is 6.34. The maximum atomic E-state index is 12.2. The van der Waals surface area contributed by atoms with E-state index in [1.54, 1.807) is 18.3 Å². The smallest absolute Gasteiger partial charge is 0.287 e. The lowest BCUT2D eigenvalue weighted by Gasteiger charge is -2.06. The van der Waals surface area contributed by atoms with Gasteiger partial charge in [-0.3, -0.25) is 9.78 Å². The summed E-state index contributed by atoms with van der Waals surface area (Å²) in [5.74, 6) is 1.46. The van der Waals surface area contributed by atoms with Crippen LogP contribution >= 0.6 is 0 Å². The fourth-order valence-corrected chi connectivity index (χ4v) is 3.13. The maximum absolute atomic E-state index is 12.2. The molecular formula is C21H20N2O3. The van der Waals surface area contributed by atoms with Gasteiger partial charge in [0.15, 0.2) is 5.76 Å². The molecule has 1 aliphatic rings. The molecular weight excluding hydrogens is 328 g/mol. The molecule has 0 fully saturated rings. The van der Waals surface area contributed by atoms with Crippen LogP contribution in [0.5, 0.6) is 5.75 Å². The first-order valence-electron chi connectivity index (χ1n) is 8.79. The lowest BCUT2D eigenvalue weighted by atomic mass is 10.1. The minimum atomic E-state index is -0.264. The molecule has 0 atom stereocenters. The van der Waals surface area contributed by atoms with E-state index < -0.39 is 0 Å². The van der Waals surface area contributed by atoms with Crippen LogP contribution in [-0.2, 0) is 26.0 Å². The van der Waals surface area contributed by atoms with Crippen LogP contribution in [0.4, 0.5) is 0 Å². The molecule has 1 aromatic carbocycles. The van der Waals surface area contributed by atoms with Gasteiger partial charge < -0.3 is 14.5 Å². The summed E-state index contributed by atoms with van der Waals surface area (Å²) in [6, 6.07) is 15.2. The second kappa shape index (κ2) is 7.44. The summed E-state index contributed by atoms with van der Waals surface area (Å²) in [6.45, 7) is 0.660. The molecule has 0 radical (unpaired) electrons. The van der Waals surface area contributed by atoms with Gasteiger partial charge in [0.05, 0.1) is 12.2 Å². The highest BCUT2D eigenvalue weighted by atomic mass is 16.5. The fourth-order valence-electron chi connectivity index (χ4n) is 3.13. The quantitative estimate of drug-likeness (QED) is 0.738. The van der Waals surface area contributed by atoms with Crippen molar-refractivity contribution < 1.29 is 13.9 Å². The molecule has 132 valence electrons. The number of carbonyl (C=O) groups is 1. The van der Waals surface area contributed by atoms with Crippen molar-refractivity contribution in [1.82, 2.24) is 10.3 Å². The number of nitrogens with one attached hydrogen (secondary N) is 1. The van der Waals surface area contributed by atoms with Crippen molar-refractivity contribution in [3.8, 4) is 5.75 Å². The molecule has 1 aliphatic carbocycles. The van der Waals surface area contributed by atoms with Crippen LogP contribution in [0.25, 0.3) is 0 Å². The minimum Gasteiger partial charge on any atom is -0.486 e. The minimum absolute atomic E-state index is 0.264. The van der Waals surface area contributed by atoms with E-state index in [1.807, 2.05) is 24.3 Å². The zero-order chi connectivity index (χ0) is 17.8. The Morgan fingerprint density at radius 3 is 2.92 bits per heavy atom. The third kappa shape index (κ3) is 3.77. The van der Waals surface area contributed by atoms with Crippen molar-refractivity contribution in [1.29, 1.82) is 0 Å². The summed E-state index contributed by atoms with van der Waals surface area (Å²) in [4.78, 5) is 16.3. The van der Waals surface area contributed by atoms with Gasteiger partial charge in [0.25, 0.3) is 5.91 Å². The van der Waals surface area contributed by atoms with Gasteiger partial charge in [-0.2, -0.15) is 0 Å². The normalized spacial score (nSPS) is 12.6. The average Bonchev–Trinajstić information content (AvgIpc) is 3.34. The van der Waals surface area contributed by atoms with Crippen LogP contribution in [-0.4, -0.2) is 10.9 Å². The van der Waals surface area contributed by atoms with Gasteiger partial charge in [-0.1, -0.05) is 12.1 Å². The van der Waals surface area contributed by atoms with Gasteiger partial charge in [-0.25, -0.2) is 0 Å². The number of hydrogen-bond acceptors (Lipinski definition) is 4. The molecule has 1 N–H and O–H groups in total. The first-order valence-corrected chi connectivity index (χ1v) is 8.79. The van der Waals surface area contributed by atoms with Gasteiger partial charge in [0.2, 0.25) is 0 Å². The molecule has 0 bridgehead atoms. The Morgan fingerprint density at radius 2 is 2.04 bits per heavy atom. The van der Waals surface area contributed by atoms with E-state index in [2.05, 4.69) is 22.4 Å². The summed E-state index contributed by atoms with van der Waals surface area (Å²) in [6.07, 6.45) is 5.19. The summed E-state index contributed by atoms with van der Waals surface area (Å²) < 4.78 is 11.4. The topological polar surface area (TPSA) is 64.4 Å². The second-order valence-corrected chi connectivity index (χ2v) is 6.34. The molecule has 1 amide bonds. The van der Waals surface area contributed by atoms with E-state index >= 15 is 0 Å². The number of ether oxygens (including phenoxy) is 1. The fraction of sp³-hybridized carbons (Fsp3) is 0.238. The van der Waals surface area contributed by atoms with E-state index in [-0.39, 0.29) is 11.7 Å². The van der Waals surface area contributed by atoms with Crippen molar-refractivity contribution in [2.75, 3.05) is 0 Å². The predicted molar refractivity (Wildman–Crippen MR) is 96.9 cm³/mol. The van der Waals surface area contributed by atoms with Crippen molar-refractivity contribution in [3.05, 3.63) is 83.1 Å². The van der Waals surface area contributed by atoms with Crippen molar-refractivity contribution >= 4 is 5.91 Å². The average molecular weight is 348 g/mol. The predicted octanol–water partition coefficient (Wildman–Crippen LogP) is 3.67. The first-order chi connectivity index (χ1) is 12.8. The number of benzene rings is 1. The summed E-state index contributed by atoms with van der Waals surface area (Å²) in [5.41, 5.74) is 3.59. The van der Waals surface area contributed by atoms with Crippen LogP contribution in [0.1, 0.15) is 39.6 Å². The molecule has 5 nitrogen and oxygen atoms in total. The van der Waals surface area contributed by atoms with Gasteiger partial charge in [0, 0.05) is 6.20 Å². The zero-order valence-corrected chi connectivity index (χ0v) is 14.4. The van der Waals surface area contributed by atoms with E-state index in [1.165, 1.54) is 17.5 Å². The number of pyridine rings is 1. The number of amides is 1. The number of aromatic nitrogens is 1. The Labute approximate surface area is 152 Å². The number of carbonyl (C=O) groups excluding carboxylic acids is 1. The molecule has 0 aliphatic heterocycles. The van der Waals surface area contributed by atoms with E-state index in [9.17, 15) is 4.79 Å². The van der Waals surface area contributed by atoms with Crippen LogP contribution < -0.4 is 10.1 Å². The summed E-state index contributed by atoms with van der Waals surface area (Å²) in [5, 5.41) is 2.79. The van der Waals surface area contributed by atoms with Gasteiger partial charge in [-0.15, -0.1) is 0 Å². The molecule has 2 heterocycles. The zero-order valence-electron chi connectivity index (χ0n) is 14.4. The Bertz CT molecular complexity index is 903. The van der Waals surface area contributed by atoms with Gasteiger partial charge in [0.1, 0.15) is 18.1 Å². The molecule has 26 heavy (non-hydrogen) atoms.